The molecule has 6 heteroatoms. The molecule has 0 spiro atoms. The molecule has 0 radical (unpaired) electrons. The maximum atomic E-state index is 11.9. The minimum Gasteiger partial charge on any atom is -0.320 e. The summed E-state index contributed by atoms with van der Waals surface area (Å²) in [7, 11) is 0. The number of nitrogens with zero attached hydrogens (tertiary/aromatic N) is 2. The fraction of sp³-hybridized carbons (Fsp3) is 0.0833. The van der Waals surface area contributed by atoms with Gasteiger partial charge in [-0.25, -0.2) is 4.98 Å². The predicted octanol–water partition coefficient (Wildman–Crippen LogP) is 3.45. The average molecular weight is 327 g/mol. The Labute approximate surface area is 118 Å². The SMILES string of the molecule is Cc1ccc(Br)c(NC(=O)c2cncc(Cl)n2)c1. The molecule has 92 valence electrons. The summed E-state index contributed by atoms with van der Waals surface area (Å²) >= 11 is 9.05. The summed E-state index contributed by atoms with van der Waals surface area (Å²) in [6, 6.07) is 5.67. The Morgan fingerprint density at radius 1 is 1.39 bits per heavy atom. The molecule has 1 aromatic heterocycles. The maximum Gasteiger partial charge on any atom is 0.275 e. The van der Waals surface area contributed by atoms with Crippen molar-refractivity contribution in [3.63, 3.8) is 0 Å². The summed E-state index contributed by atoms with van der Waals surface area (Å²) in [5.41, 5.74) is 1.91. The van der Waals surface area contributed by atoms with E-state index in [1.54, 1.807) is 0 Å². The first-order valence-electron chi connectivity index (χ1n) is 5.11. The molecule has 0 saturated heterocycles. The molecular formula is C12H9BrClN3O. The van der Waals surface area contributed by atoms with Gasteiger partial charge in [-0.15, -0.1) is 0 Å². The molecule has 0 aliphatic carbocycles. The van der Waals surface area contributed by atoms with Crippen LogP contribution in [0.3, 0.4) is 0 Å². The Bertz CT molecular complexity index is 604. The molecule has 1 heterocycles. The summed E-state index contributed by atoms with van der Waals surface area (Å²) in [4.78, 5) is 19.7. The van der Waals surface area contributed by atoms with Gasteiger partial charge in [0.1, 0.15) is 10.8 Å². The van der Waals surface area contributed by atoms with Crippen LogP contribution in [0.2, 0.25) is 5.15 Å². The Morgan fingerprint density at radius 2 is 2.17 bits per heavy atom. The van der Waals surface area contributed by atoms with Crippen molar-refractivity contribution in [3.05, 3.63) is 51.5 Å². The number of carbonyl (C=O) groups is 1. The number of hydrogen-bond acceptors (Lipinski definition) is 3. The highest BCUT2D eigenvalue weighted by Crippen LogP contribution is 2.23. The molecule has 0 unspecified atom stereocenters. The van der Waals surface area contributed by atoms with Gasteiger partial charge in [0.2, 0.25) is 0 Å². The Morgan fingerprint density at radius 3 is 2.89 bits per heavy atom. The van der Waals surface area contributed by atoms with Gasteiger partial charge in [0, 0.05) is 4.47 Å². The van der Waals surface area contributed by atoms with Crippen LogP contribution in [-0.4, -0.2) is 15.9 Å². The van der Waals surface area contributed by atoms with E-state index in [4.69, 9.17) is 11.6 Å². The molecule has 0 aliphatic heterocycles. The van der Waals surface area contributed by atoms with Gasteiger partial charge in [0.15, 0.2) is 0 Å². The zero-order valence-electron chi connectivity index (χ0n) is 9.45. The molecule has 1 aromatic carbocycles. The molecule has 1 N–H and O–H groups in total. The van der Waals surface area contributed by atoms with Crippen LogP contribution in [0.4, 0.5) is 5.69 Å². The van der Waals surface area contributed by atoms with Crippen molar-refractivity contribution in [1.82, 2.24) is 9.97 Å². The van der Waals surface area contributed by atoms with Crippen LogP contribution < -0.4 is 5.32 Å². The monoisotopic (exact) mass is 325 g/mol. The maximum absolute atomic E-state index is 11.9. The first-order chi connectivity index (χ1) is 8.56. The second-order valence-corrected chi connectivity index (χ2v) is 4.91. The van der Waals surface area contributed by atoms with Crippen LogP contribution >= 0.6 is 27.5 Å². The number of anilines is 1. The molecule has 4 nitrogen and oxygen atoms in total. The second-order valence-electron chi connectivity index (χ2n) is 3.66. The van der Waals surface area contributed by atoms with Crippen molar-refractivity contribution in [2.45, 2.75) is 6.92 Å². The van der Waals surface area contributed by atoms with Crippen molar-refractivity contribution >= 4 is 39.1 Å². The standard InChI is InChI=1S/C12H9BrClN3O/c1-7-2-3-8(13)9(4-7)17-12(18)10-5-15-6-11(14)16-10/h2-6H,1H3,(H,17,18). The number of aromatic nitrogens is 2. The normalized spacial score (nSPS) is 10.2. The van der Waals surface area contributed by atoms with Crippen LogP contribution in [-0.2, 0) is 0 Å². The molecule has 2 rings (SSSR count). The van der Waals surface area contributed by atoms with E-state index in [1.807, 2.05) is 25.1 Å². The highest BCUT2D eigenvalue weighted by atomic mass is 79.9. The van der Waals surface area contributed by atoms with Gasteiger partial charge < -0.3 is 5.32 Å². The predicted molar refractivity (Wildman–Crippen MR) is 73.9 cm³/mol. The van der Waals surface area contributed by atoms with E-state index in [1.165, 1.54) is 12.4 Å². The van der Waals surface area contributed by atoms with Gasteiger partial charge in [-0.2, -0.15) is 0 Å². The summed E-state index contributed by atoms with van der Waals surface area (Å²) in [6.07, 6.45) is 2.74. The highest BCUT2D eigenvalue weighted by molar-refractivity contribution is 9.10. The summed E-state index contributed by atoms with van der Waals surface area (Å²) in [6.45, 7) is 1.95. The van der Waals surface area contributed by atoms with Crippen molar-refractivity contribution in [1.29, 1.82) is 0 Å². The average Bonchev–Trinajstić information content (AvgIpc) is 2.34. The fourth-order valence-electron chi connectivity index (χ4n) is 1.37. The smallest absolute Gasteiger partial charge is 0.275 e. The van der Waals surface area contributed by atoms with Crippen molar-refractivity contribution in [2.75, 3.05) is 5.32 Å². The number of aryl methyl sites for hydroxylation is 1. The number of amides is 1. The fourth-order valence-corrected chi connectivity index (χ4v) is 1.87. The lowest BCUT2D eigenvalue weighted by atomic mass is 10.2. The van der Waals surface area contributed by atoms with Gasteiger partial charge in [0.05, 0.1) is 18.1 Å². The molecule has 1 amide bonds. The van der Waals surface area contributed by atoms with E-state index in [0.29, 0.717) is 5.69 Å². The number of benzene rings is 1. The first-order valence-corrected chi connectivity index (χ1v) is 6.28. The molecular weight excluding hydrogens is 318 g/mol. The molecule has 0 fully saturated rings. The first kappa shape index (κ1) is 13.0. The molecule has 0 bridgehead atoms. The number of nitrogens with one attached hydrogen (secondary N) is 1. The quantitative estimate of drug-likeness (QED) is 0.919. The van der Waals surface area contributed by atoms with Crippen molar-refractivity contribution in [3.8, 4) is 0 Å². The van der Waals surface area contributed by atoms with Crippen LogP contribution in [0.1, 0.15) is 16.1 Å². The number of hydrogen-bond donors (Lipinski definition) is 1. The Kier molecular flexibility index (Phi) is 3.93. The van der Waals surface area contributed by atoms with E-state index in [2.05, 4.69) is 31.2 Å². The van der Waals surface area contributed by atoms with Crippen LogP contribution in [0, 0.1) is 6.92 Å². The van der Waals surface area contributed by atoms with Gasteiger partial charge >= 0.3 is 0 Å². The topological polar surface area (TPSA) is 54.9 Å². The third kappa shape index (κ3) is 3.05. The minimum absolute atomic E-state index is 0.177. The van der Waals surface area contributed by atoms with Gasteiger partial charge in [0.25, 0.3) is 5.91 Å². The lowest BCUT2D eigenvalue weighted by Crippen LogP contribution is -2.14. The van der Waals surface area contributed by atoms with E-state index in [9.17, 15) is 4.79 Å². The highest BCUT2D eigenvalue weighted by Gasteiger charge is 2.10. The Balaban J connectivity index is 2.24. The number of halogens is 2. The van der Waals surface area contributed by atoms with Crippen LogP contribution in [0.15, 0.2) is 35.1 Å². The molecule has 2 aromatic rings. The van der Waals surface area contributed by atoms with Gasteiger partial charge in [-0.1, -0.05) is 17.7 Å². The van der Waals surface area contributed by atoms with Crippen LogP contribution in [0.25, 0.3) is 0 Å². The molecule has 0 atom stereocenters. The van der Waals surface area contributed by atoms with E-state index in [-0.39, 0.29) is 16.8 Å². The van der Waals surface area contributed by atoms with E-state index >= 15 is 0 Å². The molecule has 0 saturated carbocycles. The van der Waals surface area contributed by atoms with Crippen LogP contribution in [0.5, 0.6) is 0 Å². The minimum atomic E-state index is -0.351. The summed E-state index contributed by atoms with van der Waals surface area (Å²) < 4.78 is 0.802. The summed E-state index contributed by atoms with van der Waals surface area (Å²) in [5, 5.41) is 2.93. The third-order valence-electron chi connectivity index (χ3n) is 2.21. The van der Waals surface area contributed by atoms with Crippen molar-refractivity contribution in [2.24, 2.45) is 0 Å². The molecule has 0 aliphatic rings. The number of rotatable bonds is 2. The lowest BCUT2D eigenvalue weighted by Gasteiger charge is -2.07. The Hall–Kier alpha value is -1.46. The van der Waals surface area contributed by atoms with Crippen molar-refractivity contribution < 1.29 is 4.79 Å². The van der Waals surface area contributed by atoms with E-state index in [0.717, 1.165) is 10.0 Å². The van der Waals surface area contributed by atoms with Gasteiger partial charge in [-0.3, -0.25) is 9.78 Å². The summed E-state index contributed by atoms with van der Waals surface area (Å²) in [5.74, 6) is -0.351. The zero-order valence-corrected chi connectivity index (χ0v) is 11.8. The second kappa shape index (κ2) is 5.46. The van der Waals surface area contributed by atoms with Gasteiger partial charge in [-0.05, 0) is 40.5 Å². The number of carbonyl (C=O) groups excluding carboxylic acids is 1. The lowest BCUT2D eigenvalue weighted by molar-refractivity contribution is 0.102. The molecule has 18 heavy (non-hydrogen) atoms. The van der Waals surface area contributed by atoms with E-state index < -0.39 is 0 Å². The largest absolute Gasteiger partial charge is 0.320 e. The zero-order chi connectivity index (χ0) is 13.1. The third-order valence-corrected chi connectivity index (χ3v) is 3.08.